The van der Waals surface area contributed by atoms with Crippen molar-refractivity contribution in [2.45, 2.75) is 13.3 Å². The molecule has 4 aromatic rings. The van der Waals surface area contributed by atoms with Gasteiger partial charge in [0.25, 0.3) is 10.2 Å². The van der Waals surface area contributed by atoms with Crippen LogP contribution in [0.1, 0.15) is 16.7 Å². The molecule has 0 aliphatic heterocycles. The maximum atomic E-state index is 12.8. The molecule has 0 amide bonds. The fourth-order valence-corrected chi connectivity index (χ4v) is 3.95. The number of anilines is 1. The maximum Gasteiger partial charge on any atom is 0.340 e. The summed E-state index contributed by atoms with van der Waals surface area (Å²) in [7, 11) is -0.648. The number of aryl methyl sites for hydroxylation is 2. The molecule has 3 heterocycles. The lowest BCUT2D eigenvalue weighted by atomic mass is 10.00. The molecule has 0 aliphatic rings. The number of nitrogens with zero attached hydrogens (tertiary/aromatic N) is 3. The number of benzene rings is 1. The quantitative estimate of drug-likeness (QED) is 0.381. The molecule has 0 unspecified atom stereocenters. The van der Waals surface area contributed by atoms with Crippen molar-refractivity contribution < 1.29 is 17.6 Å². The number of ether oxygens (including phenoxy) is 1. The number of rotatable bonds is 7. The van der Waals surface area contributed by atoms with E-state index in [-0.39, 0.29) is 12.2 Å². The van der Waals surface area contributed by atoms with E-state index in [0.29, 0.717) is 44.4 Å². The molecule has 0 saturated carbocycles. The van der Waals surface area contributed by atoms with Crippen molar-refractivity contribution in [3.8, 4) is 11.8 Å². The minimum absolute atomic E-state index is 0.129. The summed E-state index contributed by atoms with van der Waals surface area (Å²) in [6.45, 7) is 1.80. The second kappa shape index (κ2) is 8.85. The summed E-state index contributed by atoms with van der Waals surface area (Å²) in [5, 5.41) is 0.994. The van der Waals surface area contributed by atoms with E-state index in [1.165, 1.54) is 13.2 Å². The molecule has 0 atom stereocenters. The lowest BCUT2D eigenvalue weighted by molar-refractivity contribution is 0.424. The Balaban J connectivity index is 1.69. The van der Waals surface area contributed by atoms with Crippen LogP contribution in [0, 0.1) is 6.92 Å². The molecular formula is C21H20ClN5O5S. The molecule has 172 valence electrons. The van der Waals surface area contributed by atoms with Gasteiger partial charge in [-0.3, -0.25) is 4.72 Å². The first-order valence-electron chi connectivity index (χ1n) is 9.74. The van der Waals surface area contributed by atoms with E-state index in [9.17, 15) is 13.2 Å². The fourth-order valence-electron chi connectivity index (χ4n) is 3.25. The lowest BCUT2D eigenvalue weighted by Crippen LogP contribution is -2.26. The average Bonchev–Trinajstić information content (AvgIpc) is 3.17. The minimum Gasteiger partial charge on any atom is -0.424 e. The molecule has 0 fully saturated rings. The highest BCUT2D eigenvalue weighted by atomic mass is 35.5. The Morgan fingerprint density at radius 3 is 2.70 bits per heavy atom. The topological polar surface area (TPSA) is 128 Å². The first kappa shape index (κ1) is 22.8. The molecule has 0 radical (unpaired) electrons. The third-order valence-corrected chi connectivity index (χ3v) is 6.34. The van der Waals surface area contributed by atoms with Gasteiger partial charge in [0, 0.05) is 56.1 Å². The highest BCUT2D eigenvalue weighted by Gasteiger charge is 2.17. The number of fused-ring (bicyclic) bond motifs is 1. The Morgan fingerprint density at radius 2 is 2.00 bits per heavy atom. The number of aromatic nitrogens is 3. The number of imidazole rings is 1. The second-order valence-electron chi connectivity index (χ2n) is 7.23. The van der Waals surface area contributed by atoms with Gasteiger partial charge in [0.1, 0.15) is 11.4 Å². The van der Waals surface area contributed by atoms with E-state index in [2.05, 4.69) is 19.4 Å². The van der Waals surface area contributed by atoms with Crippen molar-refractivity contribution in [1.82, 2.24) is 19.3 Å². The highest BCUT2D eigenvalue weighted by molar-refractivity contribution is 7.90. The van der Waals surface area contributed by atoms with Gasteiger partial charge in [-0.05, 0) is 36.2 Å². The van der Waals surface area contributed by atoms with E-state index in [0.717, 1.165) is 0 Å². The SMILES string of the molecule is CNS(=O)(=O)Nc1cc(Cc2c(C)c3cc(Cl)c(Oc4nccn4C)cc3oc2=O)ccn1. The molecule has 1 aromatic carbocycles. The predicted molar refractivity (Wildman–Crippen MR) is 124 cm³/mol. The Hall–Kier alpha value is -3.41. The van der Waals surface area contributed by atoms with Gasteiger partial charge in [0.2, 0.25) is 0 Å². The zero-order valence-corrected chi connectivity index (χ0v) is 19.5. The molecule has 2 N–H and O–H groups in total. The van der Waals surface area contributed by atoms with Crippen LogP contribution in [0.3, 0.4) is 0 Å². The summed E-state index contributed by atoms with van der Waals surface area (Å²) in [6, 6.07) is 6.82. The van der Waals surface area contributed by atoms with Crippen LogP contribution in [-0.4, -0.2) is 30.0 Å². The van der Waals surface area contributed by atoms with E-state index in [1.54, 1.807) is 55.2 Å². The predicted octanol–water partition coefficient (Wildman–Crippen LogP) is 3.14. The van der Waals surface area contributed by atoms with E-state index in [1.807, 2.05) is 0 Å². The Labute approximate surface area is 194 Å². The molecule has 12 heteroatoms. The van der Waals surface area contributed by atoms with Gasteiger partial charge >= 0.3 is 11.6 Å². The number of hydrogen-bond acceptors (Lipinski definition) is 7. The van der Waals surface area contributed by atoms with Crippen LogP contribution < -0.4 is 19.8 Å². The third-order valence-electron chi connectivity index (χ3n) is 5.03. The zero-order valence-electron chi connectivity index (χ0n) is 17.9. The van der Waals surface area contributed by atoms with Gasteiger partial charge in [0.15, 0.2) is 5.75 Å². The Bertz CT molecular complexity index is 1510. The maximum absolute atomic E-state index is 12.8. The van der Waals surface area contributed by atoms with Crippen LogP contribution in [0.25, 0.3) is 11.0 Å². The summed E-state index contributed by atoms with van der Waals surface area (Å²) >= 11 is 6.43. The first-order chi connectivity index (χ1) is 15.7. The minimum atomic E-state index is -3.71. The van der Waals surface area contributed by atoms with Crippen molar-refractivity contribution in [2.75, 3.05) is 11.8 Å². The molecule has 0 bridgehead atoms. The normalized spacial score (nSPS) is 11.6. The third kappa shape index (κ3) is 4.85. The second-order valence-corrected chi connectivity index (χ2v) is 9.26. The molecule has 0 spiro atoms. The largest absolute Gasteiger partial charge is 0.424 e. The Kier molecular flexibility index (Phi) is 6.11. The van der Waals surface area contributed by atoms with Crippen LogP contribution in [0.15, 0.2) is 52.1 Å². The van der Waals surface area contributed by atoms with E-state index < -0.39 is 15.8 Å². The van der Waals surface area contributed by atoms with E-state index >= 15 is 0 Å². The lowest BCUT2D eigenvalue weighted by Gasteiger charge is -2.12. The summed E-state index contributed by atoms with van der Waals surface area (Å²) in [5.74, 6) is 0.438. The number of nitrogens with one attached hydrogen (secondary N) is 2. The first-order valence-corrected chi connectivity index (χ1v) is 11.6. The van der Waals surface area contributed by atoms with Crippen molar-refractivity contribution in [3.05, 3.63) is 75.0 Å². The zero-order chi connectivity index (χ0) is 23.8. The standard InChI is InChI=1S/C21H20ClN5O5S/c1-12-14-10-16(22)18(32-21-25-6-7-27(21)3)11-17(14)31-20(28)15(12)8-13-4-5-24-19(9-13)26-33(29,30)23-2/h4-7,9-11,23H,8H2,1-3H3,(H,24,26). The molecule has 0 aliphatic carbocycles. The van der Waals surface area contributed by atoms with Crippen molar-refractivity contribution in [1.29, 1.82) is 0 Å². The number of hydrogen-bond donors (Lipinski definition) is 2. The average molecular weight is 490 g/mol. The van der Waals surface area contributed by atoms with Crippen molar-refractivity contribution in [2.24, 2.45) is 7.05 Å². The molecule has 0 saturated heterocycles. The summed E-state index contributed by atoms with van der Waals surface area (Å²) in [4.78, 5) is 20.9. The monoisotopic (exact) mass is 489 g/mol. The summed E-state index contributed by atoms with van der Waals surface area (Å²) < 4.78 is 40.9. The number of pyridine rings is 1. The van der Waals surface area contributed by atoms with Crippen LogP contribution in [0.2, 0.25) is 5.02 Å². The summed E-state index contributed by atoms with van der Waals surface area (Å²) in [6.07, 6.45) is 4.99. The molecule has 3 aromatic heterocycles. The van der Waals surface area contributed by atoms with Crippen molar-refractivity contribution >= 4 is 38.6 Å². The Morgan fingerprint density at radius 1 is 1.21 bits per heavy atom. The van der Waals surface area contributed by atoms with Gasteiger partial charge in [-0.2, -0.15) is 8.42 Å². The van der Waals surface area contributed by atoms with Gasteiger partial charge in [-0.15, -0.1) is 0 Å². The van der Waals surface area contributed by atoms with Crippen LogP contribution in [0.4, 0.5) is 5.82 Å². The van der Waals surface area contributed by atoms with Crippen LogP contribution in [-0.2, 0) is 23.7 Å². The summed E-state index contributed by atoms with van der Waals surface area (Å²) in [5.41, 5.74) is 1.60. The van der Waals surface area contributed by atoms with E-state index in [4.69, 9.17) is 20.8 Å². The fraction of sp³-hybridized carbons (Fsp3) is 0.190. The molecule has 33 heavy (non-hydrogen) atoms. The molecular weight excluding hydrogens is 470 g/mol. The van der Waals surface area contributed by atoms with Crippen LogP contribution in [0.5, 0.6) is 11.8 Å². The smallest absolute Gasteiger partial charge is 0.340 e. The van der Waals surface area contributed by atoms with Gasteiger partial charge in [0.05, 0.1) is 5.02 Å². The highest BCUT2D eigenvalue weighted by Crippen LogP contribution is 2.34. The van der Waals surface area contributed by atoms with Gasteiger partial charge in [-0.1, -0.05) is 11.6 Å². The molecule has 10 nitrogen and oxygen atoms in total. The van der Waals surface area contributed by atoms with Gasteiger partial charge < -0.3 is 13.7 Å². The molecule has 4 rings (SSSR count). The van der Waals surface area contributed by atoms with Crippen molar-refractivity contribution in [3.63, 3.8) is 0 Å². The number of halogens is 1. The van der Waals surface area contributed by atoms with Crippen LogP contribution >= 0.6 is 11.6 Å². The van der Waals surface area contributed by atoms with Gasteiger partial charge in [-0.25, -0.2) is 19.5 Å².